The van der Waals surface area contributed by atoms with E-state index in [-0.39, 0.29) is 5.41 Å². The van der Waals surface area contributed by atoms with Gasteiger partial charge in [0, 0.05) is 5.41 Å². The van der Waals surface area contributed by atoms with Gasteiger partial charge in [0.2, 0.25) is 0 Å². The highest BCUT2D eigenvalue weighted by Gasteiger charge is 2.20. The van der Waals surface area contributed by atoms with Crippen molar-refractivity contribution in [3.8, 4) is 0 Å². The van der Waals surface area contributed by atoms with Gasteiger partial charge in [-0.15, -0.1) is 11.7 Å². The van der Waals surface area contributed by atoms with Crippen LogP contribution in [0.1, 0.15) is 26.6 Å². The molecular formula is C8H14N4. The summed E-state index contributed by atoms with van der Waals surface area (Å²) in [6.45, 7) is 10.6. The first-order valence-corrected chi connectivity index (χ1v) is 3.93. The fourth-order valence-corrected chi connectivity index (χ4v) is 0.987. The van der Waals surface area contributed by atoms with Gasteiger partial charge >= 0.3 is 0 Å². The Bertz CT molecular complexity index is 269. The molecule has 0 radical (unpaired) electrons. The first-order valence-electron chi connectivity index (χ1n) is 3.93. The highest BCUT2D eigenvalue weighted by atomic mass is 15.5. The minimum atomic E-state index is -0.00743. The molecule has 1 heterocycles. The molecule has 66 valence electrons. The topological polar surface area (TPSA) is 43.6 Å². The Labute approximate surface area is 72.3 Å². The van der Waals surface area contributed by atoms with Gasteiger partial charge in [-0.25, -0.2) is 4.68 Å². The van der Waals surface area contributed by atoms with Gasteiger partial charge in [0.15, 0.2) is 5.82 Å². The smallest absolute Gasteiger partial charge is 0.156 e. The maximum absolute atomic E-state index is 3.96. The van der Waals surface area contributed by atoms with Gasteiger partial charge in [-0.3, -0.25) is 0 Å². The second kappa shape index (κ2) is 3.05. The van der Waals surface area contributed by atoms with Crippen LogP contribution in [-0.4, -0.2) is 20.2 Å². The van der Waals surface area contributed by atoms with Crippen molar-refractivity contribution in [1.29, 1.82) is 0 Å². The molecule has 12 heavy (non-hydrogen) atoms. The minimum Gasteiger partial charge on any atom is -0.225 e. The maximum Gasteiger partial charge on any atom is 0.156 e. The number of allylic oxidation sites excluding steroid dienone is 1. The molecule has 0 aromatic carbocycles. The lowest BCUT2D eigenvalue weighted by Gasteiger charge is -2.15. The Morgan fingerprint density at radius 3 is 2.67 bits per heavy atom. The van der Waals surface area contributed by atoms with E-state index in [1.165, 1.54) is 0 Å². The lowest BCUT2D eigenvalue weighted by atomic mass is 9.96. The molecule has 0 spiro atoms. The predicted octanol–water partition coefficient (Wildman–Crippen LogP) is 1.16. The van der Waals surface area contributed by atoms with Crippen LogP contribution < -0.4 is 0 Å². The Morgan fingerprint density at radius 1 is 1.50 bits per heavy atom. The Morgan fingerprint density at radius 2 is 2.17 bits per heavy atom. The fourth-order valence-electron chi connectivity index (χ4n) is 0.987. The van der Waals surface area contributed by atoms with E-state index in [9.17, 15) is 0 Å². The SMILES string of the molecule is C=CCn1nnnc1C(C)(C)C. The van der Waals surface area contributed by atoms with E-state index >= 15 is 0 Å². The van der Waals surface area contributed by atoms with E-state index in [0.717, 1.165) is 5.82 Å². The van der Waals surface area contributed by atoms with Gasteiger partial charge in [-0.1, -0.05) is 26.8 Å². The molecule has 0 fully saturated rings. The van der Waals surface area contributed by atoms with Crippen LogP contribution in [0.3, 0.4) is 0 Å². The zero-order valence-corrected chi connectivity index (χ0v) is 7.78. The molecule has 0 atom stereocenters. The van der Waals surface area contributed by atoms with Crippen molar-refractivity contribution in [2.75, 3.05) is 0 Å². The van der Waals surface area contributed by atoms with Crippen LogP contribution in [0.4, 0.5) is 0 Å². The number of rotatable bonds is 2. The average molecular weight is 166 g/mol. The zero-order chi connectivity index (χ0) is 9.19. The largest absolute Gasteiger partial charge is 0.225 e. The number of hydrogen-bond donors (Lipinski definition) is 0. The summed E-state index contributed by atoms with van der Waals surface area (Å²) in [7, 11) is 0. The third-order valence-corrected chi connectivity index (χ3v) is 1.50. The van der Waals surface area contributed by atoms with Crippen LogP contribution in [0.15, 0.2) is 12.7 Å². The molecule has 1 rings (SSSR count). The molecule has 1 aromatic heterocycles. The summed E-state index contributed by atoms with van der Waals surface area (Å²) in [5, 5.41) is 11.4. The van der Waals surface area contributed by atoms with Gasteiger partial charge in [0.1, 0.15) is 0 Å². The normalized spacial score (nSPS) is 11.6. The summed E-state index contributed by atoms with van der Waals surface area (Å²) < 4.78 is 1.76. The molecule has 0 amide bonds. The number of aromatic nitrogens is 4. The van der Waals surface area contributed by atoms with E-state index < -0.39 is 0 Å². The van der Waals surface area contributed by atoms with Crippen LogP contribution in [0.5, 0.6) is 0 Å². The minimum absolute atomic E-state index is 0.00743. The monoisotopic (exact) mass is 166 g/mol. The zero-order valence-electron chi connectivity index (χ0n) is 7.78. The molecular weight excluding hydrogens is 152 g/mol. The molecule has 4 nitrogen and oxygen atoms in total. The summed E-state index contributed by atoms with van der Waals surface area (Å²) in [5.74, 6) is 0.891. The van der Waals surface area contributed by atoms with Crippen molar-refractivity contribution in [3.63, 3.8) is 0 Å². The second-order valence-corrected chi connectivity index (χ2v) is 3.72. The third-order valence-electron chi connectivity index (χ3n) is 1.50. The molecule has 0 saturated heterocycles. The Hall–Kier alpha value is -1.19. The molecule has 0 unspecified atom stereocenters. The van der Waals surface area contributed by atoms with Crippen molar-refractivity contribution in [1.82, 2.24) is 20.2 Å². The van der Waals surface area contributed by atoms with Gasteiger partial charge < -0.3 is 0 Å². The van der Waals surface area contributed by atoms with Crippen LogP contribution in [0, 0.1) is 0 Å². The Kier molecular flexibility index (Phi) is 2.26. The maximum atomic E-state index is 3.96. The molecule has 0 aliphatic rings. The Balaban J connectivity index is 2.99. The molecule has 0 aliphatic carbocycles. The molecule has 0 bridgehead atoms. The summed E-state index contributed by atoms with van der Waals surface area (Å²) in [6.07, 6.45) is 1.78. The number of tetrazole rings is 1. The first kappa shape index (κ1) is 8.90. The molecule has 0 aliphatic heterocycles. The van der Waals surface area contributed by atoms with Crippen molar-refractivity contribution < 1.29 is 0 Å². The first-order chi connectivity index (χ1) is 5.55. The van der Waals surface area contributed by atoms with Gasteiger partial charge in [-0.2, -0.15) is 0 Å². The molecule has 0 saturated carbocycles. The number of hydrogen-bond acceptors (Lipinski definition) is 3. The lowest BCUT2D eigenvalue weighted by molar-refractivity contribution is 0.493. The van der Waals surface area contributed by atoms with E-state index in [1.807, 2.05) is 0 Å². The van der Waals surface area contributed by atoms with Crippen LogP contribution >= 0.6 is 0 Å². The predicted molar refractivity (Wildman–Crippen MR) is 46.7 cm³/mol. The number of nitrogens with zero attached hydrogens (tertiary/aromatic N) is 4. The van der Waals surface area contributed by atoms with Crippen molar-refractivity contribution >= 4 is 0 Å². The standard InChI is InChI=1S/C8H14N4/c1-5-6-12-7(8(2,3)4)9-10-11-12/h5H,1,6H2,2-4H3. The van der Waals surface area contributed by atoms with Crippen LogP contribution in [0.25, 0.3) is 0 Å². The lowest BCUT2D eigenvalue weighted by Crippen LogP contribution is -2.19. The molecule has 1 aromatic rings. The highest BCUT2D eigenvalue weighted by Crippen LogP contribution is 2.18. The van der Waals surface area contributed by atoms with Gasteiger partial charge in [0.05, 0.1) is 6.54 Å². The van der Waals surface area contributed by atoms with E-state index in [1.54, 1.807) is 10.8 Å². The van der Waals surface area contributed by atoms with E-state index in [4.69, 9.17) is 0 Å². The van der Waals surface area contributed by atoms with E-state index in [2.05, 4.69) is 42.9 Å². The molecule has 0 N–H and O–H groups in total. The fraction of sp³-hybridized carbons (Fsp3) is 0.625. The van der Waals surface area contributed by atoms with Crippen molar-refractivity contribution in [3.05, 3.63) is 18.5 Å². The summed E-state index contributed by atoms with van der Waals surface area (Å²) >= 11 is 0. The summed E-state index contributed by atoms with van der Waals surface area (Å²) in [5.41, 5.74) is -0.00743. The van der Waals surface area contributed by atoms with E-state index in [0.29, 0.717) is 6.54 Å². The summed E-state index contributed by atoms with van der Waals surface area (Å²) in [4.78, 5) is 0. The third kappa shape index (κ3) is 1.69. The summed E-state index contributed by atoms with van der Waals surface area (Å²) in [6, 6.07) is 0. The molecule has 4 heteroatoms. The van der Waals surface area contributed by atoms with Gasteiger partial charge in [-0.05, 0) is 10.4 Å². The van der Waals surface area contributed by atoms with Crippen molar-refractivity contribution in [2.45, 2.75) is 32.7 Å². The van der Waals surface area contributed by atoms with Gasteiger partial charge in [0.25, 0.3) is 0 Å². The highest BCUT2D eigenvalue weighted by molar-refractivity contribution is 4.99. The van der Waals surface area contributed by atoms with Crippen molar-refractivity contribution in [2.24, 2.45) is 0 Å². The second-order valence-electron chi connectivity index (χ2n) is 3.72. The quantitative estimate of drug-likeness (QED) is 0.619. The average Bonchev–Trinajstić information content (AvgIpc) is 2.34. The van der Waals surface area contributed by atoms with Crippen LogP contribution in [0.2, 0.25) is 0 Å². The van der Waals surface area contributed by atoms with Crippen LogP contribution in [-0.2, 0) is 12.0 Å².